The van der Waals surface area contributed by atoms with Crippen molar-refractivity contribution in [1.82, 2.24) is 9.36 Å². The molecule has 2 atom stereocenters. The Balaban J connectivity index is 1.38. The highest BCUT2D eigenvalue weighted by Gasteiger charge is 2.53. The summed E-state index contributed by atoms with van der Waals surface area (Å²) in [6.07, 6.45) is 2.34. The summed E-state index contributed by atoms with van der Waals surface area (Å²) in [4.78, 5) is 33.5. The lowest BCUT2D eigenvalue weighted by atomic mass is 10.00. The van der Waals surface area contributed by atoms with E-state index in [1.165, 1.54) is 29.3 Å². The van der Waals surface area contributed by atoms with Crippen molar-refractivity contribution >= 4 is 34.2 Å². The average molecular weight is 340 g/mol. The topological polar surface area (TPSA) is 66.4 Å². The fourth-order valence-corrected chi connectivity index (χ4v) is 4.36. The van der Waals surface area contributed by atoms with E-state index in [0.717, 1.165) is 11.0 Å². The molecule has 0 spiro atoms. The minimum atomic E-state index is -0.272. The standard InChI is InChI=1S/C17H16N4O2S/c22-15-12-8-20(17-18-14(19-24-17)10-6-7-10)9-13(12)16(23)21(15)11-4-2-1-3-5-11/h1-5,10,12-13H,6-9H2. The molecule has 3 fully saturated rings. The first kappa shape index (κ1) is 14.1. The minimum Gasteiger partial charge on any atom is -0.345 e. The van der Waals surface area contributed by atoms with Gasteiger partial charge >= 0.3 is 0 Å². The molecule has 0 N–H and O–H groups in total. The van der Waals surface area contributed by atoms with Crippen LogP contribution in [0, 0.1) is 11.8 Å². The van der Waals surface area contributed by atoms with E-state index >= 15 is 0 Å². The molecule has 2 saturated heterocycles. The molecule has 3 aliphatic rings. The minimum absolute atomic E-state index is 0.0920. The van der Waals surface area contributed by atoms with Crippen LogP contribution >= 0.6 is 11.5 Å². The van der Waals surface area contributed by atoms with Gasteiger partial charge in [0.15, 0.2) is 0 Å². The second-order valence-electron chi connectivity index (χ2n) is 6.67. The summed E-state index contributed by atoms with van der Waals surface area (Å²) in [5.41, 5.74) is 0.667. The largest absolute Gasteiger partial charge is 0.345 e. The van der Waals surface area contributed by atoms with Gasteiger partial charge in [0.25, 0.3) is 0 Å². The number of aromatic nitrogens is 2. The van der Waals surface area contributed by atoms with Crippen LogP contribution in [0.15, 0.2) is 30.3 Å². The van der Waals surface area contributed by atoms with Crippen molar-refractivity contribution < 1.29 is 9.59 Å². The van der Waals surface area contributed by atoms with Crippen LogP contribution in [-0.2, 0) is 9.59 Å². The van der Waals surface area contributed by atoms with E-state index in [4.69, 9.17) is 0 Å². The summed E-state index contributed by atoms with van der Waals surface area (Å²) < 4.78 is 4.43. The van der Waals surface area contributed by atoms with E-state index in [1.807, 2.05) is 18.2 Å². The maximum absolute atomic E-state index is 12.7. The number of fused-ring (bicyclic) bond motifs is 1. The van der Waals surface area contributed by atoms with E-state index < -0.39 is 0 Å². The van der Waals surface area contributed by atoms with E-state index in [2.05, 4.69) is 14.3 Å². The number of benzene rings is 1. The summed E-state index contributed by atoms with van der Waals surface area (Å²) in [6.45, 7) is 1.11. The summed E-state index contributed by atoms with van der Waals surface area (Å²) >= 11 is 1.38. The predicted octanol–water partition coefficient (Wildman–Crippen LogP) is 2.04. The Bertz CT molecular complexity index is 793. The number of amides is 2. The quantitative estimate of drug-likeness (QED) is 0.800. The summed E-state index contributed by atoms with van der Waals surface area (Å²) in [6, 6.07) is 9.18. The molecule has 1 saturated carbocycles. The molecule has 24 heavy (non-hydrogen) atoms. The molecule has 5 rings (SSSR count). The number of carbonyl (C=O) groups excluding carboxylic acids is 2. The molecule has 0 bridgehead atoms. The van der Waals surface area contributed by atoms with Gasteiger partial charge in [-0.05, 0) is 25.0 Å². The Kier molecular flexibility index (Phi) is 3.00. The number of hydrogen-bond acceptors (Lipinski definition) is 6. The second-order valence-corrected chi connectivity index (χ2v) is 7.41. The zero-order valence-corrected chi connectivity index (χ0v) is 13.8. The van der Waals surface area contributed by atoms with Gasteiger partial charge in [0.05, 0.1) is 17.5 Å². The van der Waals surface area contributed by atoms with Gasteiger partial charge in [0.2, 0.25) is 16.9 Å². The highest BCUT2D eigenvalue weighted by atomic mass is 32.1. The Morgan fingerprint density at radius 2 is 1.67 bits per heavy atom. The second kappa shape index (κ2) is 5.11. The van der Waals surface area contributed by atoms with E-state index in [0.29, 0.717) is 24.7 Å². The van der Waals surface area contributed by atoms with E-state index in [-0.39, 0.29) is 23.7 Å². The predicted molar refractivity (Wildman–Crippen MR) is 90.0 cm³/mol. The molecule has 1 aliphatic carbocycles. The van der Waals surface area contributed by atoms with Gasteiger partial charge in [-0.3, -0.25) is 9.59 Å². The first-order chi connectivity index (χ1) is 11.7. The van der Waals surface area contributed by atoms with E-state index in [9.17, 15) is 9.59 Å². The third kappa shape index (κ3) is 2.07. The lowest BCUT2D eigenvalue weighted by molar-refractivity contribution is -0.122. The first-order valence-corrected chi connectivity index (χ1v) is 9.01. The number of anilines is 2. The van der Waals surface area contributed by atoms with Crippen LogP contribution in [0.3, 0.4) is 0 Å². The molecule has 2 aromatic rings. The molecule has 1 aromatic heterocycles. The van der Waals surface area contributed by atoms with Crippen molar-refractivity contribution in [1.29, 1.82) is 0 Å². The third-order valence-corrected chi connectivity index (χ3v) is 5.84. The Morgan fingerprint density at radius 1 is 1.00 bits per heavy atom. The highest BCUT2D eigenvalue weighted by molar-refractivity contribution is 7.09. The van der Waals surface area contributed by atoms with Crippen LogP contribution in [0.2, 0.25) is 0 Å². The fourth-order valence-electron chi connectivity index (χ4n) is 3.59. The van der Waals surface area contributed by atoms with Crippen LogP contribution in [-0.4, -0.2) is 34.3 Å². The molecule has 7 heteroatoms. The van der Waals surface area contributed by atoms with Crippen LogP contribution in [0.4, 0.5) is 10.8 Å². The lowest BCUT2D eigenvalue weighted by Crippen LogP contribution is -2.36. The van der Waals surface area contributed by atoms with Crippen molar-refractivity contribution in [3.63, 3.8) is 0 Å². The van der Waals surface area contributed by atoms with Gasteiger partial charge in [0.1, 0.15) is 5.82 Å². The van der Waals surface area contributed by atoms with Crippen molar-refractivity contribution in [3.8, 4) is 0 Å². The first-order valence-electron chi connectivity index (χ1n) is 8.24. The van der Waals surface area contributed by atoms with Crippen LogP contribution in [0.5, 0.6) is 0 Å². The Morgan fingerprint density at radius 3 is 2.29 bits per heavy atom. The summed E-state index contributed by atoms with van der Waals surface area (Å²) in [5, 5.41) is 0.846. The number of para-hydroxylation sites is 1. The zero-order valence-electron chi connectivity index (χ0n) is 13.0. The van der Waals surface area contributed by atoms with Gasteiger partial charge in [-0.15, -0.1) is 0 Å². The van der Waals surface area contributed by atoms with E-state index in [1.54, 1.807) is 12.1 Å². The number of nitrogens with zero attached hydrogens (tertiary/aromatic N) is 4. The van der Waals surface area contributed by atoms with Crippen molar-refractivity contribution in [2.45, 2.75) is 18.8 Å². The molecule has 2 unspecified atom stereocenters. The highest BCUT2D eigenvalue weighted by Crippen LogP contribution is 2.42. The van der Waals surface area contributed by atoms with Gasteiger partial charge in [-0.2, -0.15) is 4.37 Å². The molecule has 1 aromatic carbocycles. The maximum Gasteiger partial charge on any atom is 0.239 e. The van der Waals surface area contributed by atoms with Crippen molar-refractivity contribution in [2.75, 3.05) is 22.9 Å². The van der Waals surface area contributed by atoms with Gasteiger partial charge < -0.3 is 4.90 Å². The molecule has 0 radical (unpaired) electrons. The molecule has 6 nitrogen and oxygen atoms in total. The Hall–Kier alpha value is -2.28. The molecule has 2 aliphatic heterocycles. The average Bonchev–Trinajstić information content (AvgIpc) is 3.08. The van der Waals surface area contributed by atoms with Gasteiger partial charge in [-0.1, -0.05) is 18.2 Å². The molecule has 3 heterocycles. The fraction of sp³-hybridized carbons (Fsp3) is 0.412. The van der Waals surface area contributed by atoms with Crippen LogP contribution in [0.25, 0.3) is 0 Å². The Labute approximate surface area is 143 Å². The molecular weight excluding hydrogens is 324 g/mol. The monoisotopic (exact) mass is 340 g/mol. The van der Waals surface area contributed by atoms with Gasteiger partial charge in [-0.25, -0.2) is 9.88 Å². The summed E-state index contributed by atoms with van der Waals surface area (Å²) in [7, 11) is 0. The molecule has 2 amide bonds. The SMILES string of the molecule is O=C1C2CN(c3nc(C4CC4)ns3)CC2C(=O)N1c1ccccc1. The normalized spacial score (nSPS) is 26.3. The van der Waals surface area contributed by atoms with Crippen LogP contribution < -0.4 is 9.80 Å². The number of imide groups is 1. The maximum atomic E-state index is 12.7. The molecule has 122 valence electrons. The number of carbonyl (C=O) groups is 2. The van der Waals surface area contributed by atoms with Crippen molar-refractivity contribution in [3.05, 3.63) is 36.2 Å². The number of rotatable bonds is 3. The van der Waals surface area contributed by atoms with Gasteiger partial charge in [0, 0.05) is 30.5 Å². The zero-order chi connectivity index (χ0) is 16.3. The smallest absolute Gasteiger partial charge is 0.239 e. The third-order valence-electron chi connectivity index (χ3n) is 5.05. The molecular formula is C17H16N4O2S. The number of hydrogen-bond donors (Lipinski definition) is 0. The lowest BCUT2D eigenvalue weighted by Gasteiger charge is -2.19. The van der Waals surface area contributed by atoms with Crippen molar-refractivity contribution in [2.24, 2.45) is 11.8 Å². The summed E-state index contributed by atoms with van der Waals surface area (Å²) in [5.74, 6) is 0.720. The van der Waals surface area contributed by atoms with Crippen LogP contribution in [0.1, 0.15) is 24.6 Å².